The van der Waals surface area contributed by atoms with E-state index in [0.29, 0.717) is 0 Å². The van der Waals surface area contributed by atoms with E-state index in [1.807, 2.05) is 0 Å². The minimum absolute atomic E-state index is 1.33. The summed E-state index contributed by atoms with van der Waals surface area (Å²) in [6.07, 6.45) is 1.33. The first-order valence-corrected chi connectivity index (χ1v) is 1.45. The average molecular weight is 146 g/mol. The van der Waals surface area contributed by atoms with Gasteiger partial charge in [-0.3, -0.25) is 0 Å². The first kappa shape index (κ1) is 4.16. The van der Waals surface area contributed by atoms with Crippen LogP contribution in [0.25, 0.3) is 0 Å². The van der Waals surface area contributed by atoms with Crippen LogP contribution in [-0.4, -0.2) is 0 Å². The van der Waals surface area contributed by atoms with E-state index in [9.17, 15) is 0 Å². The van der Waals surface area contributed by atoms with Crippen molar-refractivity contribution < 1.29 is 22.2 Å². The normalized spacial score (nSPS) is 5.50. The van der Waals surface area contributed by atoms with Gasteiger partial charge in [0.15, 0.2) is 0 Å². The molecule has 1 nitrogen and oxygen atoms in total. The molecule has 0 aliphatic rings. The second-order valence-electron chi connectivity index (χ2n) is 0.245. The van der Waals surface area contributed by atoms with Crippen molar-refractivity contribution in [2.75, 3.05) is 0 Å². The van der Waals surface area contributed by atoms with Crippen molar-refractivity contribution in [1.29, 1.82) is 0 Å². The van der Waals surface area contributed by atoms with Gasteiger partial charge in [0.1, 0.15) is 0 Å². The third-order valence-corrected chi connectivity index (χ3v) is 0.329. The minimum atomic E-state index is 1.33. The molecule has 0 aromatic carbocycles. The van der Waals surface area contributed by atoms with Crippen LogP contribution in [0, 0.1) is 0 Å². The zero-order chi connectivity index (χ0) is 3.41. The molecule has 0 aromatic heterocycles. The molecule has 0 bridgehead atoms. The van der Waals surface area contributed by atoms with Gasteiger partial charge in [0.05, 0.1) is 0 Å². The molecule has 0 amide bonds. The predicted molar refractivity (Wildman–Crippen MR) is 11.3 cm³/mol. The SMILES string of the molecule is C=C[O][Rh]. The molecule has 0 saturated heterocycles. The van der Waals surface area contributed by atoms with E-state index in [4.69, 9.17) is 0 Å². The van der Waals surface area contributed by atoms with Crippen molar-refractivity contribution >= 4 is 0 Å². The molecule has 0 unspecified atom stereocenters. The second-order valence-corrected chi connectivity index (χ2v) is 0.631. The molecule has 0 fully saturated rings. The summed E-state index contributed by atoms with van der Waals surface area (Å²) in [7, 11) is 0. The Hall–Kier alpha value is 0.163. The number of hydrogen-bond donors (Lipinski definition) is 0. The molecule has 0 aliphatic heterocycles. The van der Waals surface area contributed by atoms with Crippen LogP contribution in [0.2, 0.25) is 0 Å². The summed E-state index contributed by atoms with van der Waals surface area (Å²) in [6.45, 7) is 3.23. The zero-order valence-corrected chi connectivity index (χ0v) is 3.66. The van der Waals surface area contributed by atoms with Gasteiger partial charge in [-0.2, -0.15) is 0 Å². The third kappa shape index (κ3) is 2.16. The van der Waals surface area contributed by atoms with Gasteiger partial charge in [0.25, 0.3) is 0 Å². The summed E-state index contributed by atoms with van der Waals surface area (Å²) in [5.74, 6) is 0. The number of rotatable bonds is 1. The number of hydrogen-bond acceptors (Lipinski definition) is 1. The van der Waals surface area contributed by atoms with Crippen molar-refractivity contribution in [3.05, 3.63) is 12.8 Å². The Morgan fingerprint density at radius 3 is 2.25 bits per heavy atom. The Labute approximate surface area is 35.7 Å². The molecule has 0 radical (unpaired) electrons. The van der Waals surface area contributed by atoms with E-state index < -0.39 is 0 Å². The van der Waals surface area contributed by atoms with Gasteiger partial charge in [0.2, 0.25) is 0 Å². The van der Waals surface area contributed by atoms with E-state index in [2.05, 4.69) is 28.8 Å². The Bertz CT molecular complexity index is 20.0. The van der Waals surface area contributed by atoms with Crippen LogP contribution in [0.1, 0.15) is 0 Å². The molecule has 4 heavy (non-hydrogen) atoms. The van der Waals surface area contributed by atoms with Crippen LogP contribution < -0.4 is 0 Å². The van der Waals surface area contributed by atoms with Crippen LogP contribution in [0.5, 0.6) is 0 Å². The fourth-order valence-electron chi connectivity index (χ4n) is 0. The van der Waals surface area contributed by atoms with Gasteiger partial charge in [-0.05, 0) is 0 Å². The van der Waals surface area contributed by atoms with Crippen molar-refractivity contribution in [2.24, 2.45) is 0 Å². The summed E-state index contributed by atoms with van der Waals surface area (Å²) in [4.78, 5) is 0. The van der Waals surface area contributed by atoms with Gasteiger partial charge in [-0.25, -0.2) is 0 Å². The quantitative estimate of drug-likeness (QED) is 0.389. The topological polar surface area (TPSA) is 9.23 Å². The van der Waals surface area contributed by atoms with Crippen LogP contribution >= 0.6 is 0 Å². The maximum absolute atomic E-state index is 4.20. The van der Waals surface area contributed by atoms with Gasteiger partial charge < -0.3 is 0 Å². The van der Waals surface area contributed by atoms with E-state index >= 15 is 0 Å². The fourth-order valence-corrected chi connectivity index (χ4v) is 0. The fraction of sp³-hybridized carbons (Fsp3) is 0. The van der Waals surface area contributed by atoms with Crippen molar-refractivity contribution in [3.8, 4) is 0 Å². The molecule has 26 valence electrons. The average Bonchev–Trinajstić information content (AvgIpc) is 1.37. The molecular weight excluding hydrogens is 143 g/mol. The van der Waals surface area contributed by atoms with Gasteiger partial charge in [-0.1, -0.05) is 0 Å². The summed E-state index contributed by atoms with van der Waals surface area (Å²) >= 11 is 2.19. The van der Waals surface area contributed by atoms with Crippen molar-refractivity contribution in [1.82, 2.24) is 0 Å². The molecule has 0 N–H and O–H groups in total. The van der Waals surface area contributed by atoms with Crippen LogP contribution in [0.4, 0.5) is 0 Å². The summed E-state index contributed by atoms with van der Waals surface area (Å²) in [5.41, 5.74) is 0. The zero-order valence-electron chi connectivity index (χ0n) is 2.03. The van der Waals surface area contributed by atoms with Crippen LogP contribution in [0.15, 0.2) is 12.8 Å². The molecule has 0 aliphatic carbocycles. The molecule has 0 rings (SSSR count). The first-order chi connectivity index (χ1) is 1.91. The molecule has 0 heterocycles. The van der Waals surface area contributed by atoms with Crippen LogP contribution in [-0.2, 0) is 22.2 Å². The molecule has 0 atom stereocenters. The van der Waals surface area contributed by atoms with E-state index in [0.717, 1.165) is 0 Å². The van der Waals surface area contributed by atoms with E-state index in [1.165, 1.54) is 6.26 Å². The first-order valence-electron chi connectivity index (χ1n) is 0.780. The third-order valence-electron chi connectivity index (χ3n) is 0.0556. The van der Waals surface area contributed by atoms with Crippen molar-refractivity contribution in [2.45, 2.75) is 0 Å². The predicted octanol–water partition coefficient (Wildman–Crippen LogP) is 0.608. The molecule has 0 spiro atoms. The van der Waals surface area contributed by atoms with Crippen LogP contribution in [0.3, 0.4) is 0 Å². The summed E-state index contributed by atoms with van der Waals surface area (Å²) < 4.78 is 4.20. The molecule has 0 saturated carbocycles. The summed E-state index contributed by atoms with van der Waals surface area (Å²) in [6, 6.07) is 0. The maximum atomic E-state index is 4.20. The van der Waals surface area contributed by atoms with Gasteiger partial charge in [-0.15, -0.1) is 0 Å². The molecule has 2 heteroatoms. The Morgan fingerprint density at radius 1 is 2.00 bits per heavy atom. The van der Waals surface area contributed by atoms with E-state index in [1.54, 1.807) is 0 Å². The Morgan fingerprint density at radius 2 is 2.25 bits per heavy atom. The van der Waals surface area contributed by atoms with Gasteiger partial charge in [0, 0.05) is 0 Å². The molecular formula is C2H3ORh. The Kier molecular flexibility index (Phi) is 3.29. The Balaban J connectivity index is 2.30. The van der Waals surface area contributed by atoms with Gasteiger partial charge >= 0.3 is 35.1 Å². The summed E-state index contributed by atoms with van der Waals surface area (Å²) in [5, 5.41) is 0. The van der Waals surface area contributed by atoms with Crippen molar-refractivity contribution in [3.63, 3.8) is 0 Å². The second kappa shape index (κ2) is 3.16. The molecule has 0 aromatic rings. The monoisotopic (exact) mass is 146 g/mol. The van der Waals surface area contributed by atoms with E-state index in [-0.39, 0.29) is 0 Å². The standard InChI is InChI=1S/C2H4O.Rh/c1-2-3;/h2-3H,1H2;/q;+1/p-1.